The summed E-state index contributed by atoms with van der Waals surface area (Å²) in [6.45, 7) is 7.38. The van der Waals surface area contributed by atoms with Crippen molar-refractivity contribution in [3.8, 4) is 0 Å². The third-order valence-corrected chi connectivity index (χ3v) is 3.21. The van der Waals surface area contributed by atoms with Crippen LogP contribution in [0.1, 0.15) is 40.5 Å². The largest absolute Gasteiger partial charge is 0.464 e. The average Bonchev–Trinajstić information content (AvgIpc) is 2.23. The number of esters is 1. The molecule has 1 rings (SSSR count). The Morgan fingerprint density at radius 2 is 1.95 bits per heavy atom. The fourth-order valence-corrected chi connectivity index (χ4v) is 2.24. The van der Waals surface area contributed by atoms with Gasteiger partial charge in [-0.05, 0) is 52.4 Å². The zero-order valence-corrected chi connectivity index (χ0v) is 12.6. The standard InChI is InChI=1S/C14H25NO5/c1-5-19-12(17)11(10-6-9(7-10)8-16)15-13(18)20-14(2,3)4/h9-11,16H,5-8H2,1-4H3,(H,15,18)/t9?,10?,11-/m1/s1. The number of alkyl carbamates (subject to hydrolysis) is 1. The van der Waals surface area contributed by atoms with E-state index in [0.29, 0.717) is 12.8 Å². The maximum absolute atomic E-state index is 11.9. The smallest absolute Gasteiger partial charge is 0.408 e. The van der Waals surface area contributed by atoms with E-state index < -0.39 is 23.7 Å². The van der Waals surface area contributed by atoms with Crippen molar-refractivity contribution in [1.82, 2.24) is 5.32 Å². The lowest BCUT2D eigenvalue weighted by atomic mass is 9.71. The molecule has 116 valence electrons. The summed E-state index contributed by atoms with van der Waals surface area (Å²) in [5, 5.41) is 11.6. The number of hydrogen-bond acceptors (Lipinski definition) is 5. The molecule has 1 atom stereocenters. The Bertz CT molecular complexity index is 344. The number of carbonyl (C=O) groups is 2. The molecule has 0 spiro atoms. The summed E-state index contributed by atoms with van der Waals surface area (Å²) in [5.41, 5.74) is -0.615. The second-order valence-electron chi connectivity index (χ2n) is 6.16. The van der Waals surface area contributed by atoms with Crippen LogP contribution in [0.2, 0.25) is 0 Å². The van der Waals surface area contributed by atoms with E-state index in [-0.39, 0.29) is 25.0 Å². The van der Waals surface area contributed by atoms with Crippen LogP contribution in [0.25, 0.3) is 0 Å². The van der Waals surface area contributed by atoms with Gasteiger partial charge in [0, 0.05) is 6.61 Å². The maximum Gasteiger partial charge on any atom is 0.408 e. The van der Waals surface area contributed by atoms with E-state index in [0.717, 1.165) is 0 Å². The predicted octanol–water partition coefficient (Wildman–Crippen LogP) is 1.46. The Labute approximate surface area is 119 Å². The predicted molar refractivity (Wildman–Crippen MR) is 73.1 cm³/mol. The zero-order chi connectivity index (χ0) is 15.3. The lowest BCUT2D eigenvalue weighted by Gasteiger charge is -2.38. The van der Waals surface area contributed by atoms with Gasteiger partial charge in [-0.1, -0.05) is 0 Å². The van der Waals surface area contributed by atoms with E-state index >= 15 is 0 Å². The molecule has 1 saturated carbocycles. The highest BCUT2D eigenvalue weighted by Crippen LogP contribution is 2.36. The number of ether oxygens (including phenoxy) is 2. The molecule has 1 fully saturated rings. The highest BCUT2D eigenvalue weighted by molar-refractivity contribution is 5.81. The molecule has 6 heteroatoms. The SMILES string of the molecule is CCOC(=O)[C@H](NC(=O)OC(C)(C)C)C1CC(CO)C1. The first kappa shape index (κ1) is 16.8. The Morgan fingerprint density at radius 1 is 1.35 bits per heavy atom. The number of aliphatic hydroxyl groups is 1. The topological polar surface area (TPSA) is 84.9 Å². The van der Waals surface area contributed by atoms with Gasteiger partial charge in [-0.3, -0.25) is 0 Å². The minimum Gasteiger partial charge on any atom is -0.464 e. The zero-order valence-electron chi connectivity index (χ0n) is 12.6. The molecule has 0 radical (unpaired) electrons. The lowest BCUT2D eigenvalue weighted by molar-refractivity contribution is -0.149. The first-order valence-corrected chi connectivity index (χ1v) is 7.03. The molecule has 2 N–H and O–H groups in total. The number of hydrogen-bond donors (Lipinski definition) is 2. The molecule has 6 nitrogen and oxygen atoms in total. The van der Waals surface area contributed by atoms with Gasteiger partial charge in [0.1, 0.15) is 11.6 Å². The third-order valence-electron chi connectivity index (χ3n) is 3.21. The highest BCUT2D eigenvalue weighted by Gasteiger charge is 2.40. The first-order valence-electron chi connectivity index (χ1n) is 7.03. The molecule has 0 aromatic carbocycles. The Kier molecular flexibility index (Phi) is 5.80. The van der Waals surface area contributed by atoms with Gasteiger partial charge in [0.25, 0.3) is 0 Å². The molecule has 0 aromatic rings. The Hall–Kier alpha value is -1.30. The lowest BCUT2D eigenvalue weighted by Crippen LogP contribution is -2.52. The molecule has 0 bridgehead atoms. The van der Waals surface area contributed by atoms with Gasteiger partial charge in [0.2, 0.25) is 0 Å². The van der Waals surface area contributed by atoms with Crippen LogP contribution in [-0.4, -0.2) is 42.0 Å². The number of amides is 1. The Morgan fingerprint density at radius 3 is 2.40 bits per heavy atom. The van der Waals surface area contributed by atoms with Crippen LogP contribution in [-0.2, 0) is 14.3 Å². The fraction of sp³-hybridized carbons (Fsp3) is 0.857. The summed E-state index contributed by atoms with van der Waals surface area (Å²) in [7, 11) is 0. The van der Waals surface area contributed by atoms with Gasteiger partial charge >= 0.3 is 12.1 Å². The summed E-state index contributed by atoms with van der Waals surface area (Å²) in [6.07, 6.45) is 0.786. The number of rotatable bonds is 5. The molecular formula is C14H25NO5. The van der Waals surface area contributed by atoms with E-state index in [1.165, 1.54) is 0 Å². The van der Waals surface area contributed by atoms with E-state index in [2.05, 4.69) is 5.32 Å². The molecule has 0 heterocycles. The van der Waals surface area contributed by atoms with E-state index in [1.54, 1.807) is 27.7 Å². The molecule has 20 heavy (non-hydrogen) atoms. The van der Waals surface area contributed by atoms with Crippen LogP contribution in [0.5, 0.6) is 0 Å². The number of aliphatic hydroxyl groups excluding tert-OH is 1. The minimum atomic E-state index is -0.701. The summed E-state index contributed by atoms with van der Waals surface area (Å²) < 4.78 is 10.2. The van der Waals surface area contributed by atoms with Crippen LogP contribution in [0.3, 0.4) is 0 Å². The molecule has 1 aliphatic carbocycles. The van der Waals surface area contributed by atoms with Crippen LogP contribution in [0.4, 0.5) is 4.79 Å². The van der Waals surface area contributed by atoms with Gasteiger partial charge in [-0.2, -0.15) is 0 Å². The van der Waals surface area contributed by atoms with Crippen molar-refractivity contribution in [3.63, 3.8) is 0 Å². The summed E-state index contributed by atoms with van der Waals surface area (Å²) in [5.74, 6) is -0.240. The van der Waals surface area contributed by atoms with Crippen LogP contribution >= 0.6 is 0 Å². The summed E-state index contributed by atoms with van der Waals surface area (Å²) in [6, 6.07) is -0.701. The second kappa shape index (κ2) is 6.92. The van der Waals surface area contributed by atoms with Crippen LogP contribution in [0, 0.1) is 11.8 Å². The minimum absolute atomic E-state index is 0.00119. The van der Waals surface area contributed by atoms with Crippen molar-refractivity contribution in [2.75, 3.05) is 13.2 Å². The van der Waals surface area contributed by atoms with Crippen LogP contribution in [0.15, 0.2) is 0 Å². The molecule has 1 aliphatic rings. The first-order chi connectivity index (χ1) is 9.26. The normalized spacial score (nSPS) is 23.4. The monoisotopic (exact) mass is 287 g/mol. The van der Waals surface area contributed by atoms with E-state index in [1.807, 2.05) is 0 Å². The van der Waals surface area contributed by atoms with Crippen molar-refractivity contribution in [3.05, 3.63) is 0 Å². The van der Waals surface area contributed by atoms with Gasteiger partial charge in [-0.15, -0.1) is 0 Å². The number of nitrogens with one attached hydrogen (secondary N) is 1. The molecule has 0 aromatic heterocycles. The van der Waals surface area contributed by atoms with Gasteiger partial charge in [0.05, 0.1) is 6.61 Å². The molecule has 1 amide bonds. The summed E-state index contributed by atoms with van der Waals surface area (Å²) in [4.78, 5) is 23.7. The van der Waals surface area contributed by atoms with Gasteiger partial charge in [0.15, 0.2) is 0 Å². The second-order valence-corrected chi connectivity index (χ2v) is 6.16. The molecule has 0 unspecified atom stereocenters. The average molecular weight is 287 g/mol. The number of carbonyl (C=O) groups excluding carboxylic acids is 2. The maximum atomic E-state index is 11.9. The van der Waals surface area contributed by atoms with E-state index in [9.17, 15) is 9.59 Å². The molecular weight excluding hydrogens is 262 g/mol. The van der Waals surface area contributed by atoms with Crippen LogP contribution < -0.4 is 5.32 Å². The van der Waals surface area contributed by atoms with Gasteiger partial charge in [-0.25, -0.2) is 9.59 Å². The molecule has 0 aliphatic heterocycles. The van der Waals surface area contributed by atoms with Crippen molar-refractivity contribution in [1.29, 1.82) is 0 Å². The highest BCUT2D eigenvalue weighted by atomic mass is 16.6. The quantitative estimate of drug-likeness (QED) is 0.748. The van der Waals surface area contributed by atoms with Crippen molar-refractivity contribution in [2.45, 2.75) is 52.2 Å². The van der Waals surface area contributed by atoms with Crippen molar-refractivity contribution in [2.24, 2.45) is 11.8 Å². The fourth-order valence-electron chi connectivity index (χ4n) is 2.24. The van der Waals surface area contributed by atoms with E-state index in [4.69, 9.17) is 14.6 Å². The third kappa shape index (κ3) is 5.00. The summed E-state index contributed by atoms with van der Waals surface area (Å²) >= 11 is 0. The van der Waals surface area contributed by atoms with Crippen molar-refractivity contribution < 1.29 is 24.2 Å². The van der Waals surface area contributed by atoms with Gasteiger partial charge < -0.3 is 19.9 Å². The van der Waals surface area contributed by atoms with Crippen molar-refractivity contribution >= 4 is 12.1 Å². The molecule has 0 saturated heterocycles. The Balaban J connectivity index is 2.59.